The van der Waals surface area contributed by atoms with Crippen molar-refractivity contribution >= 4 is 0 Å². The van der Waals surface area contributed by atoms with E-state index in [-0.39, 0.29) is 0 Å². The smallest absolute Gasteiger partial charge is 0.105 e. The number of terminal acetylenes is 1. The van der Waals surface area contributed by atoms with Crippen LogP contribution in [0.5, 0.6) is 0 Å². The summed E-state index contributed by atoms with van der Waals surface area (Å²) in [5.74, 6) is 2.48. The van der Waals surface area contributed by atoms with Crippen LogP contribution in [0.4, 0.5) is 0 Å². The lowest BCUT2D eigenvalue weighted by atomic mass is 10.3. The first-order valence-electron chi connectivity index (χ1n) is 3.66. The normalized spacial score (nSPS) is 12.5. The second-order valence-electron chi connectivity index (χ2n) is 2.21. The van der Waals surface area contributed by atoms with E-state index in [9.17, 15) is 0 Å². The van der Waals surface area contributed by atoms with E-state index in [1.54, 1.807) is 0 Å². The van der Waals surface area contributed by atoms with Crippen LogP contribution in [-0.4, -0.2) is 17.9 Å². The molecule has 0 amide bonds. The highest BCUT2D eigenvalue weighted by Crippen LogP contribution is 1.91. The molecule has 0 radical (unpaired) electrons. The first kappa shape index (κ1) is 9.48. The van der Waals surface area contributed by atoms with Gasteiger partial charge in [0.25, 0.3) is 0 Å². The predicted molar refractivity (Wildman–Crippen MR) is 42.4 cm³/mol. The van der Waals surface area contributed by atoms with Crippen molar-refractivity contribution in [2.75, 3.05) is 6.54 Å². The molecule has 0 spiro atoms. The van der Waals surface area contributed by atoms with Crippen LogP contribution in [0.1, 0.15) is 26.2 Å². The van der Waals surface area contributed by atoms with E-state index in [1.165, 1.54) is 0 Å². The number of hydrogen-bond donors (Lipinski definition) is 2. The molecule has 2 heteroatoms. The van der Waals surface area contributed by atoms with Gasteiger partial charge in [-0.2, -0.15) is 0 Å². The zero-order valence-electron chi connectivity index (χ0n) is 6.43. The Morgan fingerprint density at radius 1 is 1.70 bits per heavy atom. The van der Waals surface area contributed by atoms with E-state index in [4.69, 9.17) is 11.5 Å². The van der Waals surface area contributed by atoms with Crippen LogP contribution in [0.3, 0.4) is 0 Å². The number of rotatable bonds is 5. The maximum Gasteiger partial charge on any atom is 0.105 e. The van der Waals surface area contributed by atoms with Crippen LogP contribution in [0.2, 0.25) is 0 Å². The molecule has 10 heavy (non-hydrogen) atoms. The van der Waals surface area contributed by atoms with E-state index >= 15 is 0 Å². The molecular weight excluding hydrogens is 126 g/mol. The molecular formula is C8H15NO. The third-order valence-electron chi connectivity index (χ3n) is 1.19. The fourth-order valence-electron chi connectivity index (χ4n) is 0.633. The molecule has 0 rings (SSSR count). The number of aliphatic hydroxyl groups excluding tert-OH is 1. The Kier molecular flexibility index (Phi) is 6.25. The number of nitrogens with one attached hydrogen (secondary N) is 1. The van der Waals surface area contributed by atoms with Crippen LogP contribution < -0.4 is 5.32 Å². The Hall–Kier alpha value is -0.520. The Labute approximate surface area is 62.6 Å². The molecule has 0 aromatic rings. The van der Waals surface area contributed by atoms with E-state index in [2.05, 4.69) is 18.2 Å². The van der Waals surface area contributed by atoms with Crippen LogP contribution in [0, 0.1) is 12.3 Å². The molecule has 0 aromatic heterocycles. The van der Waals surface area contributed by atoms with Gasteiger partial charge in [-0.3, -0.25) is 5.32 Å². The minimum absolute atomic E-state index is 0.420. The molecule has 0 aliphatic rings. The topological polar surface area (TPSA) is 32.3 Å². The third-order valence-corrected chi connectivity index (χ3v) is 1.19. The lowest BCUT2D eigenvalue weighted by Crippen LogP contribution is -2.28. The van der Waals surface area contributed by atoms with Gasteiger partial charge in [-0.25, -0.2) is 0 Å². The average molecular weight is 141 g/mol. The molecule has 0 saturated heterocycles. The van der Waals surface area contributed by atoms with Crippen molar-refractivity contribution < 1.29 is 5.11 Å². The van der Waals surface area contributed by atoms with Gasteiger partial charge in [0.1, 0.15) is 6.23 Å². The fraction of sp³-hybridized carbons (Fsp3) is 0.750. The van der Waals surface area contributed by atoms with Gasteiger partial charge < -0.3 is 5.11 Å². The molecule has 0 bridgehead atoms. The number of aliphatic hydroxyl groups is 1. The molecule has 0 aliphatic heterocycles. The highest BCUT2D eigenvalue weighted by atomic mass is 16.3. The standard InChI is InChI=1S/C8H15NO/c1-3-5-6-8(10)9-7-4-2/h1,8-10H,4-7H2,2H3. The maximum absolute atomic E-state index is 9.10. The van der Waals surface area contributed by atoms with Gasteiger partial charge >= 0.3 is 0 Å². The lowest BCUT2D eigenvalue weighted by Gasteiger charge is -2.09. The summed E-state index contributed by atoms with van der Waals surface area (Å²) in [5.41, 5.74) is 0. The maximum atomic E-state index is 9.10. The van der Waals surface area contributed by atoms with E-state index < -0.39 is 6.23 Å². The van der Waals surface area contributed by atoms with Crippen LogP contribution in [-0.2, 0) is 0 Å². The minimum Gasteiger partial charge on any atom is -0.379 e. The predicted octanol–water partition coefficient (Wildman–Crippen LogP) is 0.718. The molecule has 0 heterocycles. The first-order valence-corrected chi connectivity index (χ1v) is 3.66. The van der Waals surface area contributed by atoms with Gasteiger partial charge in [-0.1, -0.05) is 6.92 Å². The molecule has 2 N–H and O–H groups in total. The Morgan fingerprint density at radius 2 is 2.40 bits per heavy atom. The van der Waals surface area contributed by atoms with E-state index in [0.29, 0.717) is 12.8 Å². The summed E-state index contributed by atoms with van der Waals surface area (Å²) in [4.78, 5) is 0. The van der Waals surface area contributed by atoms with Crippen LogP contribution >= 0.6 is 0 Å². The van der Waals surface area contributed by atoms with Crippen molar-refractivity contribution in [1.82, 2.24) is 5.32 Å². The van der Waals surface area contributed by atoms with Gasteiger partial charge in [0.05, 0.1) is 0 Å². The van der Waals surface area contributed by atoms with Crippen molar-refractivity contribution in [3.05, 3.63) is 0 Å². The Morgan fingerprint density at radius 3 is 2.90 bits per heavy atom. The first-order chi connectivity index (χ1) is 4.81. The summed E-state index contributed by atoms with van der Waals surface area (Å²) in [6, 6.07) is 0. The summed E-state index contributed by atoms with van der Waals surface area (Å²) in [6.45, 7) is 2.91. The molecule has 1 atom stereocenters. The minimum atomic E-state index is -0.420. The van der Waals surface area contributed by atoms with E-state index in [1.807, 2.05) is 0 Å². The van der Waals surface area contributed by atoms with E-state index in [0.717, 1.165) is 13.0 Å². The quantitative estimate of drug-likeness (QED) is 0.437. The van der Waals surface area contributed by atoms with Gasteiger partial charge in [-0.05, 0) is 19.4 Å². The summed E-state index contributed by atoms with van der Waals surface area (Å²) in [6.07, 6.45) is 6.92. The van der Waals surface area contributed by atoms with Gasteiger partial charge in [0, 0.05) is 6.42 Å². The van der Waals surface area contributed by atoms with Crippen LogP contribution in [0.15, 0.2) is 0 Å². The molecule has 0 aromatic carbocycles. The lowest BCUT2D eigenvalue weighted by molar-refractivity contribution is 0.130. The monoisotopic (exact) mass is 141 g/mol. The summed E-state index contributed by atoms with van der Waals surface area (Å²) in [7, 11) is 0. The second-order valence-corrected chi connectivity index (χ2v) is 2.21. The molecule has 0 saturated carbocycles. The average Bonchev–Trinajstić information content (AvgIpc) is 1.97. The zero-order valence-corrected chi connectivity index (χ0v) is 6.43. The molecule has 1 unspecified atom stereocenters. The van der Waals surface area contributed by atoms with Crippen molar-refractivity contribution in [3.8, 4) is 12.3 Å². The SMILES string of the molecule is C#CCCC(O)NCCC. The number of hydrogen-bond acceptors (Lipinski definition) is 2. The summed E-state index contributed by atoms with van der Waals surface area (Å²) >= 11 is 0. The fourth-order valence-corrected chi connectivity index (χ4v) is 0.633. The van der Waals surface area contributed by atoms with Gasteiger partial charge in [0.15, 0.2) is 0 Å². The summed E-state index contributed by atoms with van der Waals surface area (Å²) in [5, 5.41) is 12.0. The highest BCUT2D eigenvalue weighted by Gasteiger charge is 1.98. The largest absolute Gasteiger partial charge is 0.379 e. The van der Waals surface area contributed by atoms with Crippen molar-refractivity contribution in [3.63, 3.8) is 0 Å². The molecule has 58 valence electrons. The second kappa shape index (κ2) is 6.60. The van der Waals surface area contributed by atoms with Crippen molar-refractivity contribution in [2.24, 2.45) is 0 Å². The highest BCUT2D eigenvalue weighted by molar-refractivity contribution is 4.83. The zero-order chi connectivity index (χ0) is 7.82. The molecule has 0 fully saturated rings. The molecule has 0 aliphatic carbocycles. The Balaban J connectivity index is 3.10. The van der Waals surface area contributed by atoms with Crippen molar-refractivity contribution in [1.29, 1.82) is 0 Å². The summed E-state index contributed by atoms with van der Waals surface area (Å²) < 4.78 is 0. The van der Waals surface area contributed by atoms with Crippen molar-refractivity contribution in [2.45, 2.75) is 32.4 Å². The third kappa shape index (κ3) is 5.61. The Bertz CT molecular complexity index is 106. The van der Waals surface area contributed by atoms with Gasteiger partial charge in [0.2, 0.25) is 0 Å². The van der Waals surface area contributed by atoms with Gasteiger partial charge in [-0.15, -0.1) is 12.3 Å². The molecule has 2 nitrogen and oxygen atoms in total. The van der Waals surface area contributed by atoms with Crippen LogP contribution in [0.25, 0.3) is 0 Å².